The molecule has 0 aliphatic heterocycles. The summed E-state index contributed by atoms with van der Waals surface area (Å²) in [6.45, 7) is 9.95. The first-order valence-electron chi connectivity index (χ1n) is 10.5. The van der Waals surface area contributed by atoms with E-state index < -0.39 is 0 Å². The van der Waals surface area contributed by atoms with Gasteiger partial charge >= 0.3 is 0 Å². The molecule has 0 aliphatic rings. The SMILES string of the molecule is C.C.C.C.C.C.C.C.CNCCCOCCCNC.CNCCOCCNC.COCCOCCOC. The number of nitrogens with one attached hydrogen (secondary N) is 4. The molecule has 0 aromatic heterocycles. The Bertz CT molecular complexity index is 213. The summed E-state index contributed by atoms with van der Waals surface area (Å²) in [6.07, 6.45) is 2.21. The van der Waals surface area contributed by atoms with Crippen molar-refractivity contribution in [3.63, 3.8) is 0 Å². The second kappa shape index (κ2) is 83.4. The highest BCUT2D eigenvalue weighted by molar-refractivity contribution is 4.42. The normalized spacial score (nSPS) is 7.95. The van der Waals surface area contributed by atoms with Crippen molar-refractivity contribution >= 4 is 0 Å². The Morgan fingerprint density at radius 1 is 0.351 bits per heavy atom. The molecule has 0 bridgehead atoms. The molecule has 244 valence electrons. The van der Waals surface area contributed by atoms with Gasteiger partial charge in [-0.25, -0.2) is 0 Å². The van der Waals surface area contributed by atoms with Crippen molar-refractivity contribution < 1.29 is 23.7 Å². The zero-order valence-electron chi connectivity index (χ0n) is 19.9. The van der Waals surface area contributed by atoms with Crippen LogP contribution in [0.2, 0.25) is 0 Å². The van der Waals surface area contributed by atoms with Gasteiger partial charge in [0.25, 0.3) is 0 Å². The molecule has 0 heterocycles. The van der Waals surface area contributed by atoms with E-state index in [1.54, 1.807) is 14.2 Å². The molecule has 4 N–H and O–H groups in total. The predicted octanol–water partition coefficient (Wildman–Crippen LogP) is 5.05. The Labute approximate surface area is 238 Å². The maximum atomic E-state index is 5.36. The van der Waals surface area contributed by atoms with Gasteiger partial charge in [-0.05, 0) is 54.1 Å². The molecule has 0 radical (unpaired) electrons. The zero-order valence-corrected chi connectivity index (χ0v) is 19.9. The van der Waals surface area contributed by atoms with Crippen LogP contribution in [0.25, 0.3) is 0 Å². The van der Waals surface area contributed by atoms with Crippen LogP contribution in [0.5, 0.6) is 0 Å². The van der Waals surface area contributed by atoms with Crippen molar-refractivity contribution in [1.29, 1.82) is 0 Å². The second-order valence-corrected chi connectivity index (χ2v) is 5.94. The zero-order chi connectivity index (χ0) is 22.3. The lowest BCUT2D eigenvalue weighted by molar-refractivity contribution is 0.0385. The third-order valence-corrected chi connectivity index (χ3v) is 3.29. The van der Waals surface area contributed by atoms with E-state index in [-0.39, 0.29) is 59.4 Å². The fourth-order valence-corrected chi connectivity index (χ4v) is 1.64. The van der Waals surface area contributed by atoms with Gasteiger partial charge in [0.2, 0.25) is 0 Å². The van der Waals surface area contributed by atoms with Crippen molar-refractivity contribution in [2.24, 2.45) is 0 Å². The van der Waals surface area contributed by atoms with Gasteiger partial charge in [0.05, 0.1) is 39.6 Å². The van der Waals surface area contributed by atoms with E-state index >= 15 is 0 Å². The molecule has 0 fully saturated rings. The highest BCUT2D eigenvalue weighted by atomic mass is 16.5. The summed E-state index contributed by atoms with van der Waals surface area (Å²) in [4.78, 5) is 0. The average Bonchev–Trinajstić information content (AvgIpc) is 2.74. The average molecular weight is 555 g/mol. The largest absolute Gasteiger partial charge is 0.382 e. The third kappa shape index (κ3) is 105. The molecule has 0 rings (SSSR count). The highest BCUT2D eigenvalue weighted by Gasteiger charge is 1.87. The highest BCUT2D eigenvalue weighted by Crippen LogP contribution is 1.83. The molecular formula is C28H82N4O5. The lowest BCUT2D eigenvalue weighted by atomic mass is 10.4. The van der Waals surface area contributed by atoms with Gasteiger partial charge in [0.15, 0.2) is 0 Å². The predicted molar refractivity (Wildman–Crippen MR) is 175 cm³/mol. The van der Waals surface area contributed by atoms with E-state index in [0.29, 0.717) is 26.4 Å². The first-order valence-corrected chi connectivity index (χ1v) is 10.5. The van der Waals surface area contributed by atoms with Crippen LogP contribution in [0.15, 0.2) is 0 Å². The van der Waals surface area contributed by atoms with Gasteiger partial charge < -0.3 is 45.0 Å². The Morgan fingerprint density at radius 3 is 0.892 bits per heavy atom. The maximum Gasteiger partial charge on any atom is 0.0701 e. The standard InChI is InChI=1S/C8H20N2O.C6H16N2O.C6H14O3.8CH4/c1-9-5-3-7-11-8-4-6-10-2;2*1-7-3-5-9-6-4-8-2;;;;;;;;/h9-10H,3-8H2,1-2H3;7-8H,3-6H2,1-2H3;3-6H2,1-2H3;8*1H4. The molecule has 0 aromatic rings. The molecule has 9 nitrogen and oxygen atoms in total. The lowest BCUT2D eigenvalue weighted by Crippen LogP contribution is -2.19. The first kappa shape index (κ1) is 70.8. The number of rotatable bonds is 20. The quantitative estimate of drug-likeness (QED) is 0.154. The van der Waals surface area contributed by atoms with Gasteiger partial charge in [-0.1, -0.05) is 59.4 Å². The van der Waals surface area contributed by atoms with Crippen LogP contribution in [0.1, 0.15) is 72.3 Å². The van der Waals surface area contributed by atoms with Gasteiger partial charge in [0, 0.05) is 40.5 Å². The summed E-state index contributed by atoms with van der Waals surface area (Å²) in [5, 5.41) is 12.2. The molecule has 0 saturated heterocycles. The molecule has 0 unspecified atom stereocenters. The van der Waals surface area contributed by atoms with Crippen molar-refractivity contribution in [2.75, 3.05) is 121 Å². The summed E-state index contributed by atoms with van der Waals surface area (Å²) in [5.74, 6) is 0. The van der Waals surface area contributed by atoms with E-state index in [9.17, 15) is 0 Å². The van der Waals surface area contributed by atoms with Gasteiger partial charge in [-0.2, -0.15) is 0 Å². The van der Waals surface area contributed by atoms with Gasteiger partial charge in [-0.15, -0.1) is 0 Å². The van der Waals surface area contributed by atoms with Crippen LogP contribution in [-0.4, -0.2) is 121 Å². The maximum absolute atomic E-state index is 5.36. The minimum Gasteiger partial charge on any atom is -0.382 e. The van der Waals surface area contributed by atoms with Crippen LogP contribution in [0, 0.1) is 0 Å². The Kier molecular flexibility index (Phi) is 160. The first-order chi connectivity index (χ1) is 14.2. The molecule has 0 amide bonds. The summed E-state index contributed by atoms with van der Waals surface area (Å²) in [6, 6.07) is 0. The fourth-order valence-electron chi connectivity index (χ4n) is 1.64. The molecule has 37 heavy (non-hydrogen) atoms. The van der Waals surface area contributed by atoms with Crippen LogP contribution < -0.4 is 21.3 Å². The van der Waals surface area contributed by atoms with E-state index in [1.165, 1.54) is 0 Å². The lowest BCUT2D eigenvalue weighted by Gasteiger charge is -2.02. The van der Waals surface area contributed by atoms with Crippen LogP contribution in [0.3, 0.4) is 0 Å². The molecule has 0 aliphatic carbocycles. The smallest absolute Gasteiger partial charge is 0.0701 e. The number of likely N-dealkylation sites (N-methyl/N-ethyl adjacent to an activating group) is 2. The monoisotopic (exact) mass is 555 g/mol. The molecule has 0 spiro atoms. The van der Waals surface area contributed by atoms with Gasteiger partial charge in [-0.3, -0.25) is 0 Å². The van der Waals surface area contributed by atoms with Crippen molar-refractivity contribution in [3.05, 3.63) is 0 Å². The van der Waals surface area contributed by atoms with E-state index in [2.05, 4.69) is 21.3 Å². The van der Waals surface area contributed by atoms with Crippen molar-refractivity contribution in [3.8, 4) is 0 Å². The minimum absolute atomic E-state index is 0. The van der Waals surface area contributed by atoms with Gasteiger partial charge in [0.1, 0.15) is 0 Å². The number of ether oxygens (including phenoxy) is 5. The number of hydrogen-bond acceptors (Lipinski definition) is 9. The van der Waals surface area contributed by atoms with E-state index in [1.807, 2.05) is 28.2 Å². The summed E-state index contributed by atoms with van der Waals surface area (Å²) < 4.78 is 25.1. The van der Waals surface area contributed by atoms with Crippen molar-refractivity contribution in [1.82, 2.24) is 21.3 Å². The van der Waals surface area contributed by atoms with Crippen LogP contribution in [0.4, 0.5) is 0 Å². The Balaban J connectivity index is -0.0000000276. The molecule has 0 saturated carbocycles. The summed E-state index contributed by atoms with van der Waals surface area (Å²) >= 11 is 0. The number of methoxy groups -OCH3 is 2. The Morgan fingerprint density at radius 2 is 0.622 bits per heavy atom. The van der Waals surface area contributed by atoms with Crippen LogP contribution in [-0.2, 0) is 23.7 Å². The topological polar surface area (TPSA) is 94.3 Å². The molecule has 0 atom stereocenters. The number of hydrogen-bond donors (Lipinski definition) is 4. The van der Waals surface area contributed by atoms with Crippen LogP contribution >= 0.6 is 0 Å². The van der Waals surface area contributed by atoms with Crippen molar-refractivity contribution in [2.45, 2.75) is 72.3 Å². The minimum atomic E-state index is 0. The summed E-state index contributed by atoms with van der Waals surface area (Å²) in [7, 11) is 11.1. The van der Waals surface area contributed by atoms with E-state index in [0.717, 1.165) is 65.4 Å². The Hall–Kier alpha value is -0.360. The van der Waals surface area contributed by atoms with E-state index in [4.69, 9.17) is 23.7 Å². The molecule has 0 aromatic carbocycles. The summed E-state index contributed by atoms with van der Waals surface area (Å²) in [5.41, 5.74) is 0. The molecular weight excluding hydrogens is 472 g/mol. The fraction of sp³-hybridized carbons (Fsp3) is 1.00. The second-order valence-electron chi connectivity index (χ2n) is 5.94. The third-order valence-electron chi connectivity index (χ3n) is 3.29. The molecule has 9 heteroatoms.